The number of fused-ring (bicyclic) bond motifs is 5. The number of nitrogens with one attached hydrogen (secondary N) is 1. The minimum atomic E-state index is -0.427. The molecule has 140 valence electrons. The lowest BCUT2D eigenvalue weighted by Crippen LogP contribution is -2.55. The number of rotatable bonds is 1. The van der Waals surface area contributed by atoms with E-state index in [1.54, 1.807) is 6.92 Å². The van der Waals surface area contributed by atoms with E-state index in [0.717, 1.165) is 38.5 Å². The standard InChI is InChI=1S/C21H33NO3/c1-12(23)22-19-18(25)11-17-15-5-4-13-10-14(24)6-8-20(13,2)16(15)7-9-21(17,19)3/h4,14-19,24-25H,5-11H2,1-3H3,(H,22,23)/t14-,15-,16+,17-,18-,19+,20-,21-/m0/s1. The molecule has 0 heterocycles. The summed E-state index contributed by atoms with van der Waals surface area (Å²) in [5, 5.41) is 23.8. The van der Waals surface area contributed by atoms with Gasteiger partial charge in [0.15, 0.2) is 0 Å². The zero-order valence-electron chi connectivity index (χ0n) is 15.8. The Hall–Kier alpha value is -0.870. The van der Waals surface area contributed by atoms with Gasteiger partial charge in [-0.3, -0.25) is 4.79 Å². The number of hydrogen-bond donors (Lipinski definition) is 3. The third kappa shape index (κ3) is 2.51. The van der Waals surface area contributed by atoms with E-state index in [1.807, 2.05) is 0 Å². The Balaban J connectivity index is 1.64. The van der Waals surface area contributed by atoms with Gasteiger partial charge >= 0.3 is 0 Å². The van der Waals surface area contributed by atoms with Crippen molar-refractivity contribution in [3.05, 3.63) is 11.6 Å². The van der Waals surface area contributed by atoms with Crippen LogP contribution in [0.5, 0.6) is 0 Å². The van der Waals surface area contributed by atoms with Crippen molar-refractivity contribution in [1.29, 1.82) is 0 Å². The second-order valence-electron chi connectivity index (χ2n) is 9.68. The summed E-state index contributed by atoms with van der Waals surface area (Å²) >= 11 is 0. The number of allylic oxidation sites excluding steroid dienone is 1. The van der Waals surface area contributed by atoms with Crippen LogP contribution in [-0.2, 0) is 4.79 Å². The molecule has 0 spiro atoms. The minimum Gasteiger partial charge on any atom is -0.393 e. The largest absolute Gasteiger partial charge is 0.393 e. The first-order chi connectivity index (χ1) is 11.8. The molecule has 4 aliphatic rings. The minimum absolute atomic E-state index is 0.00212. The fraction of sp³-hybridized carbons (Fsp3) is 0.857. The molecular weight excluding hydrogens is 314 g/mol. The zero-order chi connectivity index (χ0) is 18.0. The Morgan fingerprint density at radius 2 is 1.96 bits per heavy atom. The molecule has 0 radical (unpaired) electrons. The van der Waals surface area contributed by atoms with Gasteiger partial charge in [-0.15, -0.1) is 0 Å². The van der Waals surface area contributed by atoms with Crippen LogP contribution in [0.3, 0.4) is 0 Å². The summed E-state index contributed by atoms with van der Waals surface area (Å²) in [4.78, 5) is 11.7. The summed E-state index contributed by atoms with van der Waals surface area (Å²) in [5.41, 5.74) is 1.70. The number of carbonyl (C=O) groups excluding carboxylic acids is 1. The summed E-state index contributed by atoms with van der Waals surface area (Å²) in [6, 6.07) is -0.109. The van der Waals surface area contributed by atoms with Crippen molar-refractivity contribution in [2.75, 3.05) is 0 Å². The van der Waals surface area contributed by atoms with Gasteiger partial charge in [0.25, 0.3) is 0 Å². The van der Waals surface area contributed by atoms with E-state index < -0.39 is 6.10 Å². The number of aliphatic hydroxyl groups is 2. The predicted octanol–water partition coefficient (Wildman–Crippen LogP) is 2.79. The molecule has 0 aromatic carbocycles. The molecule has 0 aromatic rings. The highest BCUT2D eigenvalue weighted by Gasteiger charge is 2.61. The SMILES string of the molecule is CC(=O)N[C@@H]1[C@@H](O)C[C@H]2[C@H]3CC=C4C[C@@H](O)CC[C@]4(C)[C@@H]3CC[C@]12C. The van der Waals surface area contributed by atoms with Gasteiger partial charge in [0.05, 0.1) is 18.2 Å². The second-order valence-corrected chi connectivity index (χ2v) is 9.68. The maximum atomic E-state index is 11.7. The van der Waals surface area contributed by atoms with E-state index in [0.29, 0.717) is 17.8 Å². The first kappa shape index (κ1) is 17.5. The number of hydrogen-bond acceptors (Lipinski definition) is 3. The lowest BCUT2D eigenvalue weighted by molar-refractivity contribution is -0.122. The van der Waals surface area contributed by atoms with Crippen molar-refractivity contribution >= 4 is 5.91 Å². The Morgan fingerprint density at radius 1 is 1.20 bits per heavy atom. The third-order valence-corrected chi connectivity index (χ3v) is 8.46. The van der Waals surface area contributed by atoms with Crippen LogP contribution in [0.1, 0.15) is 65.7 Å². The third-order valence-electron chi connectivity index (χ3n) is 8.46. The van der Waals surface area contributed by atoms with Crippen molar-refractivity contribution in [3.8, 4) is 0 Å². The van der Waals surface area contributed by atoms with Gasteiger partial charge in [-0.2, -0.15) is 0 Å². The molecule has 1 amide bonds. The molecule has 4 heteroatoms. The van der Waals surface area contributed by atoms with Crippen LogP contribution in [0.4, 0.5) is 0 Å². The van der Waals surface area contributed by atoms with Crippen LogP contribution in [0, 0.1) is 28.6 Å². The van der Waals surface area contributed by atoms with Gasteiger partial charge in [-0.05, 0) is 73.5 Å². The molecule has 4 nitrogen and oxygen atoms in total. The lowest BCUT2D eigenvalue weighted by atomic mass is 9.48. The summed E-state index contributed by atoms with van der Waals surface area (Å²) in [6.07, 6.45) is 8.79. The highest BCUT2D eigenvalue weighted by molar-refractivity contribution is 5.73. The summed E-state index contributed by atoms with van der Waals surface area (Å²) in [7, 11) is 0. The van der Waals surface area contributed by atoms with Crippen LogP contribution in [0.15, 0.2) is 11.6 Å². The highest BCUT2D eigenvalue weighted by Crippen LogP contribution is 2.64. The summed E-state index contributed by atoms with van der Waals surface area (Å²) in [5.74, 6) is 1.68. The van der Waals surface area contributed by atoms with Gasteiger partial charge in [-0.1, -0.05) is 25.5 Å². The van der Waals surface area contributed by atoms with Crippen LogP contribution >= 0.6 is 0 Å². The van der Waals surface area contributed by atoms with Gasteiger partial charge in [0, 0.05) is 6.92 Å². The van der Waals surface area contributed by atoms with E-state index in [4.69, 9.17) is 0 Å². The van der Waals surface area contributed by atoms with Gasteiger partial charge in [0.2, 0.25) is 5.91 Å². The molecule has 0 saturated heterocycles. The van der Waals surface area contributed by atoms with E-state index >= 15 is 0 Å². The van der Waals surface area contributed by atoms with E-state index in [-0.39, 0.29) is 28.9 Å². The van der Waals surface area contributed by atoms with Gasteiger partial charge in [-0.25, -0.2) is 0 Å². The molecule has 4 rings (SSSR count). The molecule has 4 aliphatic carbocycles. The van der Waals surface area contributed by atoms with Crippen molar-refractivity contribution in [2.45, 2.75) is 84.0 Å². The van der Waals surface area contributed by atoms with Crippen molar-refractivity contribution in [2.24, 2.45) is 28.6 Å². The molecule has 3 N–H and O–H groups in total. The predicted molar refractivity (Wildman–Crippen MR) is 96.7 cm³/mol. The lowest BCUT2D eigenvalue weighted by Gasteiger charge is -2.57. The van der Waals surface area contributed by atoms with Gasteiger partial charge < -0.3 is 15.5 Å². The normalized spacial score (nSPS) is 51.8. The highest BCUT2D eigenvalue weighted by atomic mass is 16.3. The van der Waals surface area contributed by atoms with Crippen molar-refractivity contribution < 1.29 is 15.0 Å². The van der Waals surface area contributed by atoms with Gasteiger partial charge in [0.1, 0.15) is 0 Å². The maximum Gasteiger partial charge on any atom is 0.217 e. The molecule has 0 unspecified atom stereocenters. The Kier molecular flexibility index (Phi) is 4.08. The van der Waals surface area contributed by atoms with Crippen LogP contribution in [0.2, 0.25) is 0 Å². The van der Waals surface area contributed by atoms with Crippen LogP contribution < -0.4 is 5.32 Å². The fourth-order valence-electron chi connectivity index (χ4n) is 7.14. The van der Waals surface area contributed by atoms with E-state index in [2.05, 4.69) is 25.2 Å². The molecular formula is C21H33NO3. The maximum absolute atomic E-state index is 11.7. The molecule has 3 fully saturated rings. The van der Waals surface area contributed by atoms with E-state index in [9.17, 15) is 15.0 Å². The number of aliphatic hydroxyl groups excluding tert-OH is 2. The topological polar surface area (TPSA) is 69.6 Å². The molecule has 0 bridgehead atoms. The number of carbonyl (C=O) groups is 1. The Labute approximate surface area is 151 Å². The van der Waals surface area contributed by atoms with Crippen LogP contribution in [-0.4, -0.2) is 34.4 Å². The molecule has 0 aromatic heterocycles. The average molecular weight is 347 g/mol. The molecule has 25 heavy (non-hydrogen) atoms. The molecule has 0 aliphatic heterocycles. The molecule has 3 saturated carbocycles. The zero-order valence-corrected chi connectivity index (χ0v) is 15.8. The smallest absolute Gasteiger partial charge is 0.217 e. The monoisotopic (exact) mass is 347 g/mol. The average Bonchev–Trinajstić information content (AvgIpc) is 2.79. The quantitative estimate of drug-likeness (QED) is 0.639. The van der Waals surface area contributed by atoms with E-state index in [1.165, 1.54) is 12.0 Å². The van der Waals surface area contributed by atoms with Crippen molar-refractivity contribution in [3.63, 3.8) is 0 Å². The second kappa shape index (κ2) is 5.82. The Bertz CT molecular complexity index is 602. The van der Waals surface area contributed by atoms with Crippen molar-refractivity contribution in [1.82, 2.24) is 5.32 Å². The fourth-order valence-corrected chi connectivity index (χ4v) is 7.14. The first-order valence-corrected chi connectivity index (χ1v) is 10.1. The Morgan fingerprint density at radius 3 is 2.68 bits per heavy atom. The summed E-state index contributed by atoms with van der Waals surface area (Å²) in [6.45, 7) is 6.26. The van der Waals surface area contributed by atoms with Crippen LogP contribution in [0.25, 0.3) is 0 Å². The summed E-state index contributed by atoms with van der Waals surface area (Å²) < 4.78 is 0. The number of amides is 1. The molecule has 8 atom stereocenters. The first-order valence-electron chi connectivity index (χ1n) is 10.1.